The third-order valence-electron chi connectivity index (χ3n) is 2.58. The van der Waals surface area contributed by atoms with E-state index in [1.165, 1.54) is 0 Å². The lowest BCUT2D eigenvalue weighted by Crippen LogP contribution is -2.24. The third-order valence-corrected chi connectivity index (χ3v) is 2.58. The molecule has 1 aromatic rings. The minimum absolute atomic E-state index is 0.122. The number of aryl methyl sites for hydroxylation is 1. The topological polar surface area (TPSA) is 81.6 Å². The van der Waals surface area contributed by atoms with Gasteiger partial charge in [0.2, 0.25) is 0 Å². The van der Waals surface area contributed by atoms with Crippen molar-refractivity contribution < 1.29 is 15.0 Å². The van der Waals surface area contributed by atoms with E-state index in [2.05, 4.69) is 10.6 Å². The number of aliphatic hydroxyl groups is 2. The molecule has 1 rings (SSSR count). The SMILES string of the molecule is CCNC(=O)c1ccc(C)c(NCC(O)CO)c1. The predicted octanol–water partition coefficient (Wildman–Crippen LogP) is 0.510. The maximum Gasteiger partial charge on any atom is 0.251 e. The minimum Gasteiger partial charge on any atom is -0.394 e. The van der Waals surface area contributed by atoms with Crippen molar-refractivity contribution in [3.05, 3.63) is 29.3 Å². The number of aliphatic hydroxyl groups excluding tert-OH is 2. The lowest BCUT2D eigenvalue weighted by atomic mass is 10.1. The van der Waals surface area contributed by atoms with Crippen LogP contribution < -0.4 is 10.6 Å². The van der Waals surface area contributed by atoms with Gasteiger partial charge in [0, 0.05) is 24.3 Å². The Kier molecular flexibility index (Phi) is 5.61. The molecule has 0 saturated heterocycles. The normalized spacial score (nSPS) is 12.0. The standard InChI is InChI=1S/C13H20N2O3/c1-3-14-13(18)10-5-4-9(2)12(6-10)15-7-11(17)8-16/h4-6,11,15-17H,3,7-8H2,1-2H3,(H,14,18). The molecule has 0 saturated carbocycles. The first-order chi connectivity index (χ1) is 8.58. The molecule has 0 aliphatic heterocycles. The molecule has 0 bridgehead atoms. The van der Waals surface area contributed by atoms with Crippen molar-refractivity contribution in [2.45, 2.75) is 20.0 Å². The molecule has 5 heteroatoms. The summed E-state index contributed by atoms with van der Waals surface area (Å²) >= 11 is 0. The molecule has 4 N–H and O–H groups in total. The fourth-order valence-corrected chi connectivity index (χ4v) is 1.51. The van der Waals surface area contributed by atoms with E-state index in [4.69, 9.17) is 5.11 Å². The van der Waals surface area contributed by atoms with Crippen LogP contribution >= 0.6 is 0 Å². The van der Waals surface area contributed by atoms with Crippen LogP contribution in [0, 0.1) is 6.92 Å². The number of rotatable bonds is 6. The van der Waals surface area contributed by atoms with Crippen LogP contribution in [0.5, 0.6) is 0 Å². The summed E-state index contributed by atoms with van der Waals surface area (Å²) in [5.74, 6) is -0.122. The quantitative estimate of drug-likeness (QED) is 0.594. The van der Waals surface area contributed by atoms with Crippen molar-refractivity contribution >= 4 is 11.6 Å². The van der Waals surface area contributed by atoms with Crippen molar-refractivity contribution in [3.8, 4) is 0 Å². The zero-order valence-corrected chi connectivity index (χ0v) is 10.7. The van der Waals surface area contributed by atoms with Crippen molar-refractivity contribution in [2.75, 3.05) is 25.0 Å². The zero-order valence-electron chi connectivity index (χ0n) is 10.7. The minimum atomic E-state index is -0.808. The molecule has 100 valence electrons. The molecule has 0 aliphatic rings. The van der Waals surface area contributed by atoms with Gasteiger partial charge in [0.05, 0.1) is 12.7 Å². The Bertz CT molecular complexity index is 407. The van der Waals surface area contributed by atoms with Crippen LogP contribution in [0.1, 0.15) is 22.8 Å². The largest absolute Gasteiger partial charge is 0.394 e. The van der Waals surface area contributed by atoms with Crippen LogP contribution in [-0.4, -0.2) is 41.9 Å². The van der Waals surface area contributed by atoms with Gasteiger partial charge < -0.3 is 20.8 Å². The van der Waals surface area contributed by atoms with Crippen molar-refractivity contribution in [2.24, 2.45) is 0 Å². The number of carbonyl (C=O) groups excluding carboxylic acids is 1. The molecular weight excluding hydrogens is 232 g/mol. The Labute approximate surface area is 107 Å². The number of benzene rings is 1. The summed E-state index contributed by atoms with van der Waals surface area (Å²) in [6.45, 7) is 4.31. The van der Waals surface area contributed by atoms with E-state index >= 15 is 0 Å². The highest BCUT2D eigenvalue weighted by molar-refractivity contribution is 5.95. The molecule has 18 heavy (non-hydrogen) atoms. The number of anilines is 1. The molecule has 1 amide bonds. The second-order valence-corrected chi connectivity index (χ2v) is 4.11. The van der Waals surface area contributed by atoms with Crippen LogP contribution in [-0.2, 0) is 0 Å². The Morgan fingerprint density at radius 1 is 1.44 bits per heavy atom. The lowest BCUT2D eigenvalue weighted by molar-refractivity contribution is 0.0956. The third kappa shape index (κ3) is 4.01. The second-order valence-electron chi connectivity index (χ2n) is 4.11. The van der Waals surface area contributed by atoms with E-state index in [0.29, 0.717) is 12.1 Å². The first-order valence-corrected chi connectivity index (χ1v) is 6.00. The van der Waals surface area contributed by atoms with Crippen molar-refractivity contribution in [1.82, 2.24) is 5.32 Å². The molecule has 0 aliphatic carbocycles. The highest BCUT2D eigenvalue weighted by atomic mass is 16.3. The summed E-state index contributed by atoms with van der Waals surface area (Å²) in [5.41, 5.74) is 2.34. The van der Waals surface area contributed by atoms with Gasteiger partial charge in [-0.2, -0.15) is 0 Å². The van der Waals surface area contributed by atoms with Gasteiger partial charge in [-0.15, -0.1) is 0 Å². The van der Waals surface area contributed by atoms with Gasteiger partial charge in [0.15, 0.2) is 0 Å². The Morgan fingerprint density at radius 2 is 2.17 bits per heavy atom. The van der Waals surface area contributed by atoms with E-state index in [-0.39, 0.29) is 19.1 Å². The van der Waals surface area contributed by atoms with E-state index in [1.807, 2.05) is 19.9 Å². The number of nitrogens with one attached hydrogen (secondary N) is 2. The summed E-state index contributed by atoms with van der Waals surface area (Å²) in [6, 6.07) is 5.34. The lowest BCUT2D eigenvalue weighted by Gasteiger charge is -2.13. The molecule has 1 unspecified atom stereocenters. The van der Waals surface area contributed by atoms with Gasteiger partial charge in [0.1, 0.15) is 0 Å². The van der Waals surface area contributed by atoms with Gasteiger partial charge in [-0.3, -0.25) is 4.79 Å². The van der Waals surface area contributed by atoms with Gasteiger partial charge in [0.25, 0.3) is 5.91 Å². The average molecular weight is 252 g/mol. The number of carbonyl (C=O) groups is 1. The van der Waals surface area contributed by atoms with E-state index in [1.54, 1.807) is 12.1 Å². The van der Waals surface area contributed by atoms with Crippen molar-refractivity contribution in [1.29, 1.82) is 0 Å². The van der Waals surface area contributed by atoms with E-state index < -0.39 is 6.10 Å². The molecule has 0 aromatic heterocycles. The number of hydrogen-bond donors (Lipinski definition) is 4. The summed E-state index contributed by atoms with van der Waals surface area (Å²) in [6.07, 6.45) is -0.808. The fraction of sp³-hybridized carbons (Fsp3) is 0.462. The van der Waals surface area contributed by atoms with Gasteiger partial charge in [-0.1, -0.05) is 6.07 Å². The Morgan fingerprint density at radius 3 is 2.78 bits per heavy atom. The monoisotopic (exact) mass is 252 g/mol. The van der Waals surface area contributed by atoms with Crippen LogP contribution in [0.3, 0.4) is 0 Å². The zero-order chi connectivity index (χ0) is 13.5. The van der Waals surface area contributed by atoms with Crippen LogP contribution in [0.25, 0.3) is 0 Å². The summed E-state index contributed by atoms with van der Waals surface area (Å²) in [7, 11) is 0. The maximum absolute atomic E-state index is 11.7. The van der Waals surface area contributed by atoms with Gasteiger partial charge >= 0.3 is 0 Å². The van der Waals surface area contributed by atoms with Crippen LogP contribution in [0.4, 0.5) is 5.69 Å². The van der Waals surface area contributed by atoms with E-state index in [9.17, 15) is 9.90 Å². The highest BCUT2D eigenvalue weighted by Gasteiger charge is 2.08. The highest BCUT2D eigenvalue weighted by Crippen LogP contribution is 2.16. The van der Waals surface area contributed by atoms with Crippen LogP contribution in [0.2, 0.25) is 0 Å². The number of amides is 1. The maximum atomic E-state index is 11.7. The first-order valence-electron chi connectivity index (χ1n) is 6.00. The molecule has 1 aromatic carbocycles. The smallest absolute Gasteiger partial charge is 0.251 e. The average Bonchev–Trinajstić information content (AvgIpc) is 2.37. The molecule has 0 heterocycles. The molecule has 5 nitrogen and oxygen atoms in total. The van der Waals surface area contributed by atoms with Gasteiger partial charge in [-0.05, 0) is 31.5 Å². The molecule has 0 fully saturated rings. The summed E-state index contributed by atoms with van der Waals surface area (Å²) in [5, 5.41) is 23.8. The molecule has 1 atom stereocenters. The predicted molar refractivity (Wildman–Crippen MR) is 70.8 cm³/mol. The van der Waals surface area contributed by atoms with Crippen LogP contribution in [0.15, 0.2) is 18.2 Å². The summed E-state index contributed by atoms with van der Waals surface area (Å²) < 4.78 is 0. The number of hydrogen-bond acceptors (Lipinski definition) is 4. The van der Waals surface area contributed by atoms with Gasteiger partial charge in [-0.25, -0.2) is 0 Å². The fourth-order valence-electron chi connectivity index (χ4n) is 1.51. The Balaban J connectivity index is 2.78. The second kappa shape index (κ2) is 6.98. The van der Waals surface area contributed by atoms with Crippen molar-refractivity contribution in [3.63, 3.8) is 0 Å². The van der Waals surface area contributed by atoms with E-state index in [0.717, 1.165) is 11.3 Å². The molecule has 0 spiro atoms. The molecule has 0 radical (unpaired) electrons. The molecular formula is C13H20N2O3. The Hall–Kier alpha value is -1.59. The first kappa shape index (κ1) is 14.5. The summed E-state index contributed by atoms with van der Waals surface area (Å²) in [4.78, 5) is 11.7.